The molecule has 1 amide bonds. The van der Waals surface area contributed by atoms with Crippen LogP contribution in [0.4, 0.5) is 5.69 Å². The predicted molar refractivity (Wildman–Crippen MR) is 56.0 cm³/mol. The minimum absolute atomic E-state index is 0.0227. The molecule has 0 aliphatic carbocycles. The standard InChI is InChI=1S/C9H13N3O4/c1-6(5-13)3-11-9(14)8-2-7(4-10-8)12(15)16/h2,4,6,10,13H,3,5H2,1H3,(H,11,14). The quantitative estimate of drug-likeness (QED) is 0.496. The van der Waals surface area contributed by atoms with Crippen molar-refractivity contribution in [1.82, 2.24) is 10.3 Å². The van der Waals surface area contributed by atoms with E-state index in [1.807, 2.05) is 0 Å². The number of rotatable bonds is 5. The Bertz CT molecular complexity index is 388. The second kappa shape index (κ2) is 5.26. The van der Waals surface area contributed by atoms with E-state index in [1.54, 1.807) is 6.92 Å². The molecule has 0 fully saturated rings. The van der Waals surface area contributed by atoms with Gasteiger partial charge in [-0.05, 0) is 5.92 Å². The Kier molecular flexibility index (Phi) is 4.01. The van der Waals surface area contributed by atoms with E-state index in [4.69, 9.17) is 5.11 Å². The molecule has 1 atom stereocenters. The Morgan fingerprint density at radius 3 is 2.94 bits per heavy atom. The Hall–Kier alpha value is -1.89. The van der Waals surface area contributed by atoms with Crippen molar-refractivity contribution >= 4 is 11.6 Å². The molecule has 0 spiro atoms. The van der Waals surface area contributed by atoms with Gasteiger partial charge >= 0.3 is 0 Å². The van der Waals surface area contributed by atoms with Crippen LogP contribution in [0.1, 0.15) is 17.4 Å². The van der Waals surface area contributed by atoms with E-state index in [0.29, 0.717) is 6.54 Å². The van der Waals surface area contributed by atoms with Gasteiger partial charge in [0.1, 0.15) is 5.69 Å². The highest BCUT2D eigenvalue weighted by atomic mass is 16.6. The fraction of sp³-hybridized carbons (Fsp3) is 0.444. The average molecular weight is 227 g/mol. The van der Waals surface area contributed by atoms with Crippen LogP contribution in [-0.4, -0.2) is 34.1 Å². The van der Waals surface area contributed by atoms with Crippen molar-refractivity contribution in [2.45, 2.75) is 6.92 Å². The number of nitrogens with one attached hydrogen (secondary N) is 2. The summed E-state index contributed by atoms with van der Waals surface area (Å²) in [4.78, 5) is 23.8. The summed E-state index contributed by atoms with van der Waals surface area (Å²) in [5.41, 5.74) is -0.0165. The molecule has 0 aromatic carbocycles. The van der Waals surface area contributed by atoms with E-state index in [1.165, 1.54) is 6.07 Å². The Balaban J connectivity index is 2.56. The minimum Gasteiger partial charge on any atom is -0.396 e. The van der Waals surface area contributed by atoms with Crippen LogP contribution in [-0.2, 0) is 0 Å². The van der Waals surface area contributed by atoms with Crippen molar-refractivity contribution in [3.05, 3.63) is 28.1 Å². The van der Waals surface area contributed by atoms with Gasteiger partial charge in [-0.3, -0.25) is 14.9 Å². The van der Waals surface area contributed by atoms with Crippen molar-refractivity contribution in [2.75, 3.05) is 13.2 Å². The molecular weight excluding hydrogens is 214 g/mol. The summed E-state index contributed by atoms with van der Waals surface area (Å²) in [5.74, 6) is -0.470. The first-order chi connectivity index (χ1) is 7.54. The van der Waals surface area contributed by atoms with E-state index >= 15 is 0 Å². The lowest BCUT2D eigenvalue weighted by Crippen LogP contribution is -2.29. The summed E-state index contributed by atoms with van der Waals surface area (Å²) in [7, 11) is 0. The first-order valence-corrected chi connectivity index (χ1v) is 4.76. The number of carbonyl (C=O) groups excluding carboxylic acids is 1. The van der Waals surface area contributed by atoms with Gasteiger partial charge in [-0.1, -0.05) is 6.92 Å². The SMILES string of the molecule is CC(CO)CNC(=O)c1cc([N+](=O)[O-])c[nH]1. The highest BCUT2D eigenvalue weighted by molar-refractivity contribution is 5.93. The third kappa shape index (κ3) is 3.06. The van der Waals surface area contributed by atoms with Crippen molar-refractivity contribution < 1.29 is 14.8 Å². The summed E-state index contributed by atoms with van der Waals surface area (Å²) >= 11 is 0. The Morgan fingerprint density at radius 1 is 1.75 bits per heavy atom. The van der Waals surface area contributed by atoms with Crippen molar-refractivity contribution in [3.63, 3.8) is 0 Å². The van der Waals surface area contributed by atoms with E-state index in [9.17, 15) is 14.9 Å². The molecular formula is C9H13N3O4. The third-order valence-electron chi connectivity index (χ3n) is 2.05. The largest absolute Gasteiger partial charge is 0.396 e. The van der Waals surface area contributed by atoms with Crippen molar-refractivity contribution in [1.29, 1.82) is 0 Å². The number of nitrogens with zero attached hydrogens (tertiary/aromatic N) is 1. The zero-order valence-corrected chi connectivity index (χ0v) is 8.77. The van der Waals surface area contributed by atoms with E-state index in [2.05, 4.69) is 10.3 Å². The van der Waals surface area contributed by atoms with Gasteiger partial charge < -0.3 is 15.4 Å². The normalized spacial score (nSPS) is 12.1. The number of aliphatic hydroxyl groups excluding tert-OH is 1. The van der Waals surface area contributed by atoms with Gasteiger partial charge in [0.2, 0.25) is 0 Å². The first kappa shape index (κ1) is 12.2. The van der Waals surface area contributed by atoms with Gasteiger partial charge in [0, 0.05) is 19.2 Å². The zero-order valence-electron chi connectivity index (χ0n) is 8.77. The average Bonchev–Trinajstić information content (AvgIpc) is 2.74. The lowest BCUT2D eigenvalue weighted by atomic mass is 10.2. The van der Waals surface area contributed by atoms with Crippen LogP contribution in [0.25, 0.3) is 0 Å². The number of H-pyrrole nitrogens is 1. The predicted octanol–water partition coefficient (Wildman–Crippen LogP) is 0.281. The highest BCUT2D eigenvalue weighted by Crippen LogP contribution is 2.11. The maximum absolute atomic E-state index is 11.5. The first-order valence-electron chi connectivity index (χ1n) is 4.76. The van der Waals surface area contributed by atoms with Gasteiger partial charge in [0.15, 0.2) is 0 Å². The number of aromatic nitrogens is 1. The molecule has 1 heterocycles. The molecule has 7 nitrogen and oxygen atoms in total. The fourth-order valence-electron chi connectivity index (χ4n) is 1.05. The second-order valence-corrected chi connectivity index (χ2v) is 3.53. The number of nitro groups is 1. The number of hydrogen-bond donors (Lipinski definition) is 3. The molecule has 1 aromatic heterocycles. The maximum atomic E-state index is 11.5. The van der Waals surface area contributed by atoms with E-state index in [0.717, 1.165) is 6.20 Å². The molecule has 0 aliphatic heterocycles. The van der Waals surface area contributed by atoms with Crippen LogP contribution in [0.5, 0.6) is 0 Å². The number of carbonyl (C=O) groups is 1. The van der Waals surface area contributed by atoms with Gasteiger partial charge in [-0.2, -0.15) is 0 Å². The topological polar surface area (TPSA) is 108 Å². The highest BCUT2D eigenvalue weighted by Gasteiger charge is 2.14. The van der Waals surface area contributed by atoms with Crippen molar-refractivity contribution in [2.24, 2.45) is 5.92 Å². The molecule has 7 heteroatoms. The molecule has 88 valence electrons. The van der Waals surface area contributed by atoms with Gasteiger partial charge in [0.25, 0.3) is 11.6 Å². The molecule has 16 heavy (non-hydrogen) atoms. The summed E-state index contributed by atoms with van der Waals surface area (Å²) in [5, 5.41) is 21.7. The monoisotopic (exact) mass is 227 g/mol. The molecule has 0 saturated carbocycles. The summed E-state index contributed by atoms with van der Waals surface area (Å²) in [6.07, 6.45) is 1.16. The van der Waals surface area contributed by atoms with Crippen LogP contribution in [0.3, 0.4) is 0 Å². The molecule has 1 rings (SSSR count). The summed E-state index contributed by atoms with van der Waals surface area (Å²) < 4.78 is 0. The van der Waals surface area contributed by atoms with Crippen LogP contribution in [0.15, 0.2) is 12.3 Å². The smallest absolute Gasteiger partial charge is 0.287 e. The van der Waals surface area contributed by atoms with Gasteiger partial charge in [-0.25, -0.2) is 0 Å². The molecule has 0 aliphatic rings. The van der Waals surface area contributed by atoms with Crippen LogP contribution >= 0.6 is 0 Å². The molecule has 3 N–H and O–H groups in total. The lowest BCUT2D eigenvalue weighted by Gasteiger charge is -2.08. The molecule has 0 bridgehead atoms. The van der Waals surface area contributed by atoms with E-state index in [-0.39, 0.29) is 23.9 Å². The Labute approximate surface area is 91.6 Å². The molecule has 1 aromatic rings. The van der Waals surface area contributed by atoms with Gasteiger partial charge in [0.05, 0.1) is 11.1 Å². The van der Waals surface area contributed by atoms with Crippen LogP contribution < -0.4 is 5.32 Å². The second-order valence-electron chi connectivity index (χ2n) is 3.53. The zero-order chi connectivity index (χ0) is 12.1. The maximum Gasteiger partial charge on any atom is 0.287 e. The van der Waals surface area contributed by atoms with Crippen LogP contribution in [0.2, 0.25) is 0 Å². The fourth-order valence-corrected chi connectivity index (χ4v) is 1.05. The summed E-state index contributed by atoms with van der Waals surface area (Å²) in [6.45, 7) is 2.07. The lowest BCUT2D eigenvalue weighted by molar-refractivity contribution is -0.384. The molecule has 1 unspecified atom stereocenters. The summed E-state index contributed by atoms with van der Waals surface area (Å²) in [6, 6.07) is 1.17. The minimum atomic E-state index is -0.580. The number of aromatic amines is 1. The third-order valence-corrected chi connectivity index (χ3v) is 2.05. The van der Waals surface area contributed by atoms with E-state index < -0.39 is 10.8 Å². The Morgan fingerprint density at radius 2 is 2.44 bits per heavy atom. The number of hydrogen-bond acceptors (Lipinski definition) is 4. The van der Waals surface area contributed by atoms with Gasteiger partial charge in [-0.15, -0.1) is 0 Å². The molecule has 0 radical (unpaired) electrons. The van der Waals surface area contributed by atoms with Crippen LogP contribution in [0, 0.1) is 16.0 Å². The number of amides is 1. The van der Waals surface area contributed by atoms with Crippen molar-refractivity contribution in [3.8, 4) is 0 Å². The molecule has 0 saturated heterocycles. The number of aliphatic hydroxyl groups is 1.